The molecule has 0 bridgehead atoms. The molecular formula is C9H16O4. The third kappa shape index (κ3) is 1.59. The van der Waals surface area contributed by atoms with Gasteiger partial charge in [-0.1, -0.05) is 0 Å². The summed E-state index contributed by atoms with van der Waals surface area (Å²) >= 11 is 0. The number of aliphatic hydroxyl groups excluding tert-OH is 1. The molecule has 0 aliphatic carbocycles. The average molecular weight is 188 g/mol. The minimum Gasteiger partial charge on any atom is -0.388 e. The Morgan fingerprint density at radius 2 is 1.85 bits per heavy atom. The summed E-state index contributed by atoms with van der Waals surface area (Å²) in [5.41, 5.74) is 0. The van der Waals surface area contributed by atoms with E-state index in [1.54, 1.807) is 0 Å². The Morgan fingerprint density at radius 1 is 1.23 bits per heavy atom. The number of fused-ring (bicyclic) bond motifs is 1. The molecule has 4 nitrogen and oxygen atoms in total. The molecule has 0 saturated carbocycles. The normalized spacial score (nSPS) is 48.9. The summed E-state index contributed by atoms with van der Waals surface area (Å²) < 4.78 is 16.6. The van der Waals surface area contributed by atoms with Crippen molar-refractivity contribution in [3.05, 3.63) is 0 Å². The first kappa shape index (κ1) is 9.40. The largest absolute Gasteiger partial charge is 0.388 e. The highest BCUT2D eigenvalue weighted by Gasteiger charge is 2.50. The van der Waals surface area contributed by atoms with E-state index in [0.29, 0.717) is 6.61 Å². The van der Waals surface area contributed by atoms with E-state index in [1.807, 2.05) is 20.8 Å². The van der Waals surface area contributed by atoms with Crippen LogP contribution in [0, 0.1) is 0 Å². The highest BCUT2D eigenvalue weighted by atomic mass is 16.8. The zero-order chi connectivity index (χ0) is 9.64. The zero-order valence-corrected chi connectivity index (χ0v) is 8.19. The predicted octanol–water partition coefficient (Wildman–Crippen LogP) is 0.286. The second kappa shape index (κ2) is 2.92. The highest BCUT2D eigenvalue weighted by molar-refractivity contribution is 4.93. The summed E-state index contributed by atoms with van der Waals surface area (Å²) in [5, 5.41) is 9.60. The van der Waals surface area contributed by atoms with Gasteiger partial charge in [0.25, 0.3) is 0 Å². The van der Waals surface area contributed by atoms with Crippen LogP contribution in [-0.2, 0) is 14.2 Å². The Kier molecular flexibility index (Phi) is 2.11. The third-order valence-electron chi connectivity index (χ3n) is 2.54. The molecule has 4 atom stereocenters. The maximum atomic E-state index is 9.60. The molecule has 0 aromatic carbocycles. The number of ether oxygens (including phenoxy) is 3. The van der Waals surface area contributed by atoms with Crippen LogP contribution in [0.4, 0.5) is 0 Å². The van der Waals surface area contributed by atoms with Crippen LogP contribution in [0.25, 0.3) is 0 Å². The number of hydrogen-bond acceptors (Lipinski definition) is 4. The van der Waals surface area contributed by atoms with Crippen molar-refractivity contribution in [2.45, 2.75) is 51.0 Å². The molecule has 0 unspecified atom stereocenters. The van der Waals surface area contributed by atoms with Gasteiger partial charge in [-0.3, -0.25) is 0 Å². The molecule has 0 amide bonds. The molecule has 0 aromatic rings. The lowest BCUT2D eigenvalue weighted by Gasteiger charge is -2.32. The predicted molar refractivity (Wildman–Crippen MR) is 45.2 cm³/mol. The van der Waals surface area contributed by atoms with E-state index in [0.717, 1.165) is 0 Å². The van der Waals surface area contributed by atoms with Crippen LogP contribution >= 0.6 is 0 Å². The third-order valence-corrected chi connectivity index (χ3v) is 2.54. The molecule has 2 heterocycles. The standard InChI is InChI=1S/C9H16O4/c1-5-7-8(6(10)4-11-5)13-9(2,3)12-7/h5-8,10H,4H2,1-3H3/t5-,6+,7+,8-/m0/s1. The SMILES string of the molecule is C[C@@H]1OC[C@@H](O)[C@@H]2OC(C)(C)O[C@@H]21. The summed E-state index contributed by atoms with van der Waals surface area (Å²) in [4.78, 5) is 0. The molecule has 2 fully saturated rings. The van der Waals surface area contributed by atoms with Crippen LogP contribution in [0.15, 0.2) is 0 Å². The maximum absolute atomic E-state index is 9.60. The first-order valence-corrected chi connectivity index (χ1v) is 4.65. The van der Waals surface area contributed by atoms with Gasteiger partial charge in [0.1, 0.15) is 18.3 Å². The van der Waals surface area contributed by atoms with E-state index in [-0.39, 0.29) is 18.3 Å². The molecule has 2 aliphatic heterocycles. The Morgan fingerprint density at radius 3 is 2.46 bits per heavy atom. The summed E-state index contributed by atoms with van der Waals surface area (Å²) in [6.07, 6.45) is -0.948. The summed E-state index contributed by atoms with van der Waals surface area (Å²) in [7, 11) is 0. The minimum absolute atomic E-state index is 0.00447. The quantitative estimate of drug-likeness (QED) is 0.593. The van der Waals surface area contributed by atoms with Crippen molar-refractivity contribution in [2.75, 3.05) is 6.61 Å². The van der Waals surface area contributed by atoms with Crippen LogP contribution < -0.4 is 0 Å². The van der Waals surface area contributed by atoms with Crippen molar-refractivity contribution < 1.29 is 19.3 Å². The van der Waals surface area contributed by atoms with E-state index < -0.39 is 11.9 Å². The van der Waals surface area contributed by atoms with Crippen molar-refractivity contribution in [3.63, 3.8) is 0 Å². The van der Waals surface area contributed by atoms with Gasteiger partial charge in [-0.05, 0) is 20.8 Å². The molecule has 0 spiro atoms. The van der Waals surface area contributed by atoms with Crippen LogP contribution in [0.2, 0.25) is 0 Å². The Labute approximate surface area is 77.8 Å². The Balaban J connectivity index is 2.14. The van der Waals surface area contributed by atoms with Crippen LogP contribution in [0.3, 0.4) is 0 Å². The fraction of sp³-hybridized carbons (Fsp3) is 1.00. The topological polar surface area (TPSA) is 47.9 Å². The van der Waals surface area contributed by atoms with Crippen LogP contribution in [0.1, 0.15) is 20.8 Å². The van der Waals surface area contributed by atoms with Crippen molar-refractivity contribution in [3.8, 4) is 0 Å². The zero-order valence-electron chi connectivity index (χ0n) is 8.19. The van der Waals surface area contributed by atoms with E-state index >= 15 is 0 Å². The second-order valence-corrected chi connectivity index (χ2v) is 4.17. The summed E-state index contributed by atoms with van der Waals surface area (Å²) in [5.74, 6) is -0.599. The first-order chi connectivity index (χ1) is 5.99. The van der Waals surface area contributed by atoms with E-state index in [2.05, 4.69) is 0 Å². The van der Waals surface area contributed by atoms with Crippen LogP contribution in [-0.4, -0.2) is 41.9 Å². The maximum Gasteiger partial charge on any atom is 0.164 e. The number of rotatable bonds is 0. The molecule has 13 heavy (non-hydrogen) atoms. The number of aliphatic hydroxyl groups is 1. The fourth-order valence-electron chi connectivity index (χ4n) is 1.92. The lowest BCUT2D eigenvalue weighted by atomic mass is 10.0. The van der Waals surface area contributed by atoms with Crippen molar-refractivity contribution >= 4 is 0 Å². The summed E-state index contributed by atoms with van der Waals surface area (Å²) in [6, 6.07) is 0. The van der Waals surface area contributed by atoms with Gasteiger partial charge in [-0.15, -0.1) is 0 Å². The van der Waals surface area contributed by atoms with Gasteiger partial charge in [0, 0.05) is 0 Å². The monoisotopic (exact) mass is 188 g/mol. The van der Waals surface area contributed by atoms with Gasteiger partial charge >= 0.3 is 0 Å². The molecule has 4 heteroatoms. The Hall–Kier alpha value is -0.160. The molecule has 0 aromatic heterocycles. The molecule has 1 N–H and O–H groups in total. The number of hydrogen-bond donors (Lipinski definition) is 1. The highest BCUT2D eigenvalue weighted by Crippen LogP contribution is 2.34. The molecule has 0 radical (unpaired) electrons. The van der Waals surface area contributed by atoms with Gasteiger partial charge in [-0.2, -0.15) is 0 Å². The van der Waals surface area contributed by atoms with Gasteiger partial charge in [-0.25, -0.2) is 0 Å². The second-order valence-electron chi connectivity index (χ2n) is 4.17. The lowest BCUT2D eigenvalue weighted by Crippen LogP contribution is -2.50. The van der Waals surface area contributed by atoms with Crippen molar-refractivity contribution in [1.82, 2.24) is 0 Å². The van der Waals surface area contributed by atoms with Crippen molar-refractivity contribution in [1.29, 1.82) is 0 Å². The Bertz CT molecular complexity index is 184. The smallest absolute Gasteiger partial charge is 0.164 e. The molecular weight excluding hydrogens is 172 g/mol. The lowest BCUT2D eigenvalue weighted by molar-refractivity contribution is -0.153. The average Bonchev–Trinajstić information content (AvgIpc) is 2.35. The molecule has 2 aliphatic rings. The van der Waals surface area contributed by atoms with Gasteiger partial charge in [0.15, 0.2) is 5.79 Å². The fourth-order valence-corrected chi connectivity index (χ4v) is 1.92. The molecule has 2 saturated heterocycles. The van der Waals surface area contributed by atoms with E-state index in [4.69, 9.17) is 14.2 Å². The van der Waals surface area contributed by atoms with Crippen molar-refractivity contribution in [2.24, 2.45) is 0 Å². The molecule has 76 valence electrons. The van der Waals surface area contributed by atoms with Gasteiger partial charge in [0.05, 0.1) is 12.7 Å². The summed E-state index contributed by atoms with van der Waals surface area (Å²) in [6.45, 7) is 5.98. The minimum atomic E-state index is -0.599. The van der Waals surface area contributed by atoms with Gasteiger partial charge in [0.2, 0.25) is 0 Å². The first-order valence-electron chi connectivity index (χ1n) is 4.65. The van der Waals surface area contributed by atoms with Crippen LogP contribution in [0.5, 0.6) is 0 Å². The van der Waals surface area contributed by atoms with Gasteiger partial charge < -0.3 is 19.3 Å². The van der Waals surface area contributed by atoms with E-state index in [1.165, 1.54) is 0 Å². The van der Waals surface area contributed by atoms with E-state index in [9.17, 15) is 5.11 Å². The molecule has 2 rings (SSSR count).